The van der Waals surface area contributed by atoms with Gasteiger partial charge in [-0.2, -0.15) is 0 Å². The number of hydrogen-bond donors (Lipinski definition) is 1. The van der Waals surface area contributed by atoms with Crippen molar-refractivity contribution in [2.45, 2.75) is 26.8 Å². The average molecular weight is 322 g/mol. The van der Waals surface area contributed by atoms with Gasteiger partial charge in [0, 0.05) is 0 Å². The molecule has 0 aliphatic heterocycles. The summed E-state index contributed by atoms with van der Waals surface area (Å²) >= 11 is 3.16. The Labute approximate surface area is 121 Å². The second-order valence-electron chi connectivity index (χ2n) is 4.96. The zero-order valence-electron chi connectivity index (χ0n) is 11.3. The third kappa shape index (κ3) is 2.88. The lowest BCUT2D eigenvalue weighted by Crippen LogP contribution is -2.15. The highest BCUT2D eigenvalue weighted by atomic mass is 79.9. The van der Waals surface area contributed by atoms with Crippen LogP contribution < -0.4 is 5.73 Å². The van der Waals surface area contributed by atoms with Crippen molar-refractivity contribution in [3.8, 4) is 0 Å². The van der Waals surface area contributed by atoms with Crippen LogP contribution in [-0.2, 0) is 0 Å². The first kappa shape index (κ1) is 14.2. The Kier molecular flexibility index (Phi) is 4.07. The molecule has 0 radical (unpaired) electrons. The molecule has 0 aliphatic rings. The first-order chi connectivity index (χ1) is 8.90. The largest absolute Gasteiger partial charge is 0.320 e. The molecule has 19 heavy (non-hydrogen) atoms. The van der Waals surface area contributed by atoms with E-state index in [1.165, 1.54) is 11.6 Å². The van der Waals surface area contributed by atoms with Crippen LogP contribution in [0.5, 0.6) is 0 Å². The van der Waals surface area contributed by atoms with Crippen LogP contribution >= 0.6 is 15.9 Å². The molecule has 2 aromatic carbocycles. The number of rotatable bonds is 2. The van der Waals surface area contributed by atoms with E-state index in [2.05, 4.69) is 35.0 Å². The Morgan fingerprint density at radius 1 is 1.05 bits per heavy atom. The lowest BCUT2D eigenvalue weighted by molar-refractivity contribution is 0.616. The summed E-state index contributed by atoms with van der Waals surface area (Å²) in [6.07, 6.45) is 0. The van der Waals surface area contributed by atoms with Crippen LogP contribution in [0.2, 0.25) is 0 Å². The third-order valence-electron chi connectivity index (χ3n) is 3.35. The number of hydrogen-bond acceptors (Lipinski definition) is 1. The van der Waals surface area contributed by atoms with Crippen LogP contribution in [0.4, 0.5) is 4.39 Å². The summed E-state index contributed by atoms with van der Waals surface area (Å²) in [6, 6.07) is 8.96. The van der Waals surface area contributed by atoms with Crippen molar-refractivity contribution < 1.29 is 4.39 Å². The Hall–Kier alpha value is -1.19. The van der Waals surface area contributed by atoms with E-state index in [0.717, 1.165) is 22.3 Å². The number of halogens is 2. The fraction of sp³-hybridized carbons (Fsp3) is 0.250. The minimum atomic E-state index is -0.303. The molecule has 0 heterocycles. The van der Waals surface area contributed by atoms with Gasteiger partial charge in [-0.3, -0.25) is 0 Å². The molecule has 0 aliphatic carbocycles. The van der Waals surface area contributed by atoms with Gasteiger partial charge in [-0.05, 0) is 71.1 Å². The lowest BCUT2D eigenvalue weighted by Gasteiger charge is -2.19. The monoisotopic (exact) mass is 321 g/mol. The van der Waals surface area contributed by atoms with Gasteiger partial charge in [0.1, 0.15) is 5.82 Å². The standard InChI is InChI=1S/C16H17BrFN/c1-9-6-10(2)15(11(3)7-9)16(19)12-4-5-13(17)14(18)8-12/h4-8,16H,19H2,1-3H3. The maximum Gasteiger partial charge on any atom is 0.137 e. The summed E-state index contributed by atoms with van der Waals surface area (Å²) in [5, 5.41) is 0. The van der Waals surface area contributed by atoms with E-state index in [9.17, 15) is 4.39 Å². The average Bonchev–Trinajstić information content (AvgIpc) is 2.31. The van der Waals surface area contributed by atoms with Crippen LogP contribution in [0.25, 0.3) is 0 Å². The Morgan fingerprint density at radius 3 is 2.16 bits per heavy atom. The van der Waals surface area contributed by atoms with Gasteiger partial charge >= 0.3 is 0 Å². The Morgan fingerprint density at radius 2 is 1.63 bits per heavy atom. The summed E-state index contributed by atoms with van der Waals surface area (Å²) in [7, 11) is 0. The van der Waals surface area contributed by atoms with Crippen molar-refractivity contribution in [3.05, 3.63) is 68.4 Å². The maximum absolute atomic E-state index is 13.6. The van der Waals surface area contributed by atoms with Crippen molar-refractivity contribution in [2.24, 2.45) is 5.73 Å². The first-order valence-electron chi connectivity index (χ1n) is 6.18. The van der Waals surface area contributed by atoms with Gasteiger partial charge in [-0.15, -0.1) is 0 Å². The molecule has 2 N–H and O–H groups in total. The lowest BCUT2D eigenvalue weighted by atomic mass is 9.90. The summed E-state index contributed by atoms with van der Waals surface area (Å²) in [5.41, 5.74) is 11.7. The predicted octanol–water partition coefficient (Wildman–Crippen LogP) is 4.56. The van der Waals surface area contributed by atoms with Crippen molar-refractivity contribution in [1.82, 2.24) is 0 Å². The van der Waals surface area contributed by atoms with Crippen molar-refractivity contribution >= 4 is 15.9 Å². The summed E-state index contributed by atoms with van der Waals surface area (Å²) < 4.78 is 14.1. The van der Waals surface area contributed by atoms with E-state index >= 15 is 0 Å². The van der Waals surface area contributed by atoms with Gasteiger partial charge in [0.25, 0.3) is 0 Å². The van der Waals surface area contributed by atoms with Crippen LogP contribution in [0.3, 0.4) is 0 Å². The van der Waals surface area contributed by atoms with E-state index in [4.69, 9.17) is 5.73 Å². The fourth-order valence-corrected chi connectivity index (χ4v) is 2.80. The van der Waals surface area contributed by atoms with Crippen molar-refractivity contribution in [3.63, 3.8) is 0 Å². The minimum Gasteiger partial charge on any atom is -0.320 e. The number of benzene rings is 2. The molecule has 0 bridgehead atoms. The second kappa shape index (κ2) is 5.43. The summed E-state index contributed by atoms with van der Waals surface area (Å²) in [5.74, 6) is -0.282. The molecular weight excluding hydrogens is 305 g/mol. The van der Waals surface area contributed by atoms with Gasteiger partial charge in [-0.25, -0.2) is 4.39 Å². The molecule has 0 spiro atoms. The molecule has 2 aromatic rings. The third-order valence-corrected chi connectivity index (χ3v) is 3.99. The molecule has 0 fully saturated rings. The molecule has 2 rings (SSSR count). The molecular formula is C16H17BrFN. The van der Waals surface area contributed by atoms with Gasteiger partial charge in [0.2, 0.25) is 0 Å². The van der Waals surface area contributed by atoms with Crippen molar-refractivity contribution in [1.29, 1.82) is 0 Å². The molecule has 1 nitrogen and oxygen atoms in total. The normalized spacial score (nSPS) is 12.5. The molecule has 1 unspecified atom stereocenters. The van der Waals surface area contributed by atoms with Gasteiger partial charge in [0.15, 0.2) is 0 Å². The zero-order valence-corrected chi connectivity index (χ0v) is 12.9. The molecule has 100 valence electrons. The highest BCUT2D eigenvalue weighted by molar-refractivity contribution is 9.10. The van der Waals surface area contributed by atoms with E-state index in [-0.39, 0.29) is 11.9 Å². The molecule has 0 amide bonds. The smallest absolute Gasteiger partial charge is 0.137 e. The van der Waals surface area contributed by atoms with E-state index in [1.54, 1.807) is 6.07 Å². The quantitative estimate of drug-likeness (QED) is 0.862. The predicted molar refractivity (Wildman–Crippen MR) is 80.8 cm³/mol. The maximum atomic E-state index is 13.6. The topological polar surface area (TPSA) is 26.0 Å². The summed E-state index contributed by atoms with van der Waals surface area (Å²) in [6.45, 7) is 6.16. The van der Waals surface area contributed by atoms with Gasteiger partial charge in [0.05, 0.1) is 10.5 Å². The molecule has 3 heteroatoms. The van der Waals surface area contributed by atoms with E-state index < -0.39 is 0 Å². The van der Waals surface area contributed by atoms with Gasteiger partial charge in [-0.1, -0.05) is 23.8 Å². The molecule has 1 atom stereocenters. The second-order valence-corrected chi connectivity index (χ2v) is 5.82. The van der Waals surface area contributed by atoms with Crippen LogP contribution in [-0.4, -0.2) is 0 Å². The van der Waals surface area contributed by atoms with E-state index in [0.29, 0.717) is 4.47 Å². The SMILES string of the molecule is Cc1cc(C)c(C(N)c2ccc(Br)c(F)c2)c(C)c1. The van der Waals surface area contributed by atoms with Gasteiger partial charge < -0.3 is 5.73 Å². The molecule has 0 saturated carbocycles. The highest BCUT2D eigenvalue weighted by Crippen LogP contribution is 2.28. The van der Waals surface area contributed by atoms with Crippen LogP contribution in [0, 0.1) is 26.6 Å². The van der Waals surface area contributed by atoms with Crippen LogP contribution in [0.1, 0.15) is 33.9 Å². The molecule has 0 saturated heterocycles. The number of aryl methyl sites for hydroxylation is 3. The van der Waals surface area contributed by atoms with Crippen molar-refractivity contribution in [2.75, 3.05) is 0 Å². The first-order valence-corrected chi connectivity index (χ1v) is 6.97. The zero-order chi connectivity index (χ0) is 14.2. The fourth-order valence-electron chi connectivity index (χ4n) is 2.55. The van der Waals surface area contributed by atoms with Crippen LogP contribution in [0.15, 0.2) is 34.8 Å². The number of nitrogens with two attached hydrogens (primary N) is 1. The highest BCUT2D eigenvalue weighted by Gasteiger charge is 2.15. The minimum absolute atomic E-state index is 0.282. The summed E-state index contributed by atoms with van der Waals surface area (Å²) in [4.78, 5) is 0. The molecule has 0 aromatic heterocycles. The Bertz CT molecular complexity index is 599. The van der Waals surface area contributed by atoms with E-state index in [1.807, 2.05) is 19.9 Å². The Balaban J connectivity index is 2.49.